The first kappa shape index (κ1) is 42.7. The number of hydrogen-bond donors (Lipinski definition) is 2. The fourth-order valence-corrected chi connectivity index (χ4v) is 7.94. The Bertz CT molecular complexity index is 2490. The minimum atomic E-state index is -0.137. The van der Waals surface area contributed by atoms with E-state index in [0.29, 0.717) is 30.0 Å². The second kappa shape index (κ2) is 18.3. The molecule has 3 aliphatic rings. The molecule has 60 heavy (non-hydrogen) atoms. The maximum atomic E-state index is 12.6. The average molecular weight is 809 g/mol. The molecule has 6 aromatic carbocycles. The number of benzene rings is 6. The van der Waals surface area contributed by atoms with E-state index in [1.165, 1.54) is 34.7 Å². The van der Waals surface area contributed by atoms with E-state index in [2.05, 4.69) is 24.3 Å². The lowest BCUT2D eigenvalue weighted by atomic mass is 9.96. The van der Waals surface area contributed by atoms with E-state index in [0.717, 1.165) is 63.5 Å². The third kappa shape index (κ3) is 8.73. The maximum absolute atomic E-state index is 12.6. The van der Waals surface area contributed by atoms with Crippen molar-refractivity contribution in [1.82, 2.24) is 9.80 Å². The molecule has 0 spiro atoms. The number of amides is 2. The van der Waals surface area contributed by atoms with E-state index < -0.39 is 0 Å². The van der Waals surface area contributed by atoms with Crippen molar-refractivity contribution in [2.45, 2.75) is 39.8 Å². The molecule has 0 aromatic heterocycles. The van der Waals surface area contributed by atoms with E-state index >= 15 is 0 Å². The van der Waals surface area contributed by atoms with Gasteiger partial charge in [-0.05, 0) is 160 Å². The van der Waals surface area contributed by atoms with Crippen LogP contribution in [-0.4, -0.2) is 74.4 Å². The topological polar surface area (TPSA) is 118 Å². The Kier molecular flexibility index (Phi) is 13.0. The van der Waals surface area contributed by atoms with Gasteiger partial charge in [0.05, 0.1) is 39.6 Å². The van der Waals surface area contributed by atoms with Crippen LogP contribution in [0.5, 0.6) is 34.5 Å². The van der Waals surface area contributed by atoms with Crippen molar-refractivity contribution in [3.05, 3.63) is 143 Å². The van der Waals surface area contributed by atoms with Gasteiger partial charge in [0.1, 0.15) is 34.5 Å². The van der Waals surface area contributed by atoms with Crippen molar-refractivity contribution in [1.29, 1.82) is 0 Å². The predicted octanol–water partition coefficient (Wildman–Crippen LogP) is 9.80. The summed E-state index contributed by atoms with van der Waals surface area (Å²) in [5.41, 5.74) is 12.2. The molecule has 2 heterocycles. The van der Waals surface area contributed by atoms with Crippen LogP contribution < -0.4 is 18.9 Å². The molecule has 0 unspecified atom stereocenters. The van der Waals surface area contributed by atoms with E-state index in [1.807, 2.05) is 42.5 Å². The summed E-state index contributed by atoms with van der Waals surface area (Å²) in [7, 11) is 10.2. The predicted molar refractivity (Wildman–Crippen MR) is 236 cm³/mol. The molecule has 6 aromatic rings. The monoisotopic (exact) mass is 808 g/mol. The largest absolute Gasteiger partial charge is 0.508 e. The quantitative estimate of drug-likeness (QED) is 0.181. The molecule has 0 atom stereocenters. The van der Waals surface area contributed by atoms with E-state index in [9.17, 15) is 19.8 Å². The van der Waals surface area contributed by atoms with Crippen LogP contribution >= 0.6 is 0 Å². The average Bonchev–Trinajstić information content (AvgIpc) is 3.55. The molecule has 10 nitrogen and oxygen atoms in total. The number of nitrogens with zero attached hydrogens (tertiary/aromatic N) is 2. The van der Waals surface area contributed by atoms with Crippen molar-refractivity contribution in [3.8, 4) is 67.9 Å². The molecule has 2 amide bonds. The van der Waals surface area contributed by atoms with Crippen molar-refractivity contribution in [3.63, 3.8) is 0 Å². The number of aryl methyl sites for hydroxylation is 2. The maximum Gasteiger partial charge on any atom is 0.254 e. The van der Waals surface area contributed by atoms with Crippen LogP contribution in [0.15, 0.2) is 109 Å². The van der Waals surface area contributed by atoms with Gasteiger partial charge < -0.3 is 39.0 Å². The standard InChI is InChI=1S/C17H17NO3.C17H18O2.C15H13NO3.CH4/c1-18-10-11-8-12(20-2)4-6-14(11)15-7-5-13(21-3)9-16(15)17(18)19;1-18-14-6-8-16-12(10-14)4-3-5-13-11-15(19-2)7-9-17(13)16;1-16-8-9-6-10(17)2-4-12(9)13-5-3-11(18)7-14(13)15(16)19;/h4-9H,10H2,1-3H3;6-11H,3-5H2,1-2H3;2-7,17-18H,8H2,1H3;1H4. The molecule has 310 valence electrons. The summed E-state index contributed by atoms with van der Waals surface area (Å²) in [6, 6.07) is 34.1. The molecule has 9 rings (SSSR count). The fourth-order valence-electron chi connectivity index (χ4n) is 7.94. The lowest BCUT2D eigenvalue weighted by Crippen LogP contribution is -2.24. The summed E-state index contributed by atoms with van der Waals surface area (Å²) < 4.78 is 21.2. The summed E-state index contributed by atoms with van der Waals surface area (Å²) >= 11 is 0. The molecular formula is C50H52N2O8. The highest BCUT2D eigenvalue weighted by atomic mass is 16.5. The summed E-state index contributed by atoms with van der Waals surface area (Å²) in [5, 5.41) is 19.1. The molecule has 1 aliphatic carbocycles. The summed E-state index contributed by atoms with van der Waals surface area (Å²) in [5.74, 6) is 3.48. The summed E-state index contributed by atoms with van der Waals surface area (Å²) in [6.45, 7) is 0.986. The first-order valence-corrected chi connectivity index (χ1v) is 19.4. The molecule has 0 fully saturated rings. The number of aromatic hydroxyl groups is 2. The van der Waals surface area contributed by atoms with E-state index in [-0.39, 0.29) is 30.7 Å². The van der Waals surface area contributed by atoms with Gasteiger partial charge in [0.25, 0.3) is 11.8 Å². The smallest absolute Gasteiger partial charge is 0.254 e. The Morgan fingerprint density at radius 3 is 1.22 bits per heavy atom. The number of methoxy groups -OCH3 is 4. The van der Waals surface area contributed by atoms with Gasteiger partial charge in [0.2, 0.25) is 0 Å². The molecule has 0 bridgehead atoms. The highest BCUT2D eigenvalue weighted by Crippen LogP contribution is 2.38. The van der Waals surface area contributed by atoms with E-state index in [1.54, 1.807) is 88.7 Å². The number of rotatable bonds is 4. The van der Waals surface area contributed by atoms with Crippen LogP contribution in [-0.2, 0) is 25.9 Å². The number of hydrogen-bond acceptors (Lipinski definition) is 8. The number of fused-ring (bicyclic) bond motifs is 9. The Hall–Kier alpha value is -6.94. The van der Waals surface area contributed by atoms with Crippen LogP contribution in [0.2, 0.25) is 0 Å². The Morgan fingerprint density at radius 2 is 0.750 bits per heavy atom. The molecule has 0 saturated heterocycles. The highest BCUT2D eigenvalue weighted by molar-refractivity contribution is 6.03. The zero-order valence-corrected chi connectivity index (χ0v) is 34.2. The number of phenolic OH excluding ortho intramolecular Hbond substituents is 2. The molecule has 2 N–H and O–H groups in total. The van der Waals surface area contributed by atoms with Gasteiger partial charge in [-0.25, -0.2) is 0 Å². The van der Waals surface area contributed by atoms with Crippen molar-refractivity contribution >= 4 is 11.8 Å². The second-order valence-electron chi connectivity index (χ2n) is 14.7. The lowest BCUT2D eigenvalue weighted by Gasteiger charge is -2.15. The van der Waals surface area contributed by atoms with Crippen LogP contribution in [0.1, 0.15) is 56.8 Å². The van der Waals surface area contributed by atoms with Crippen LogP contribution in [0, 0.1) is 0 Å². The van der Waals surface area contributed by atoms with Gasteiger partial charge >= 0.3 is 0 Å². The Morgan fingerprint density at radius 1 is 0.417 bits per heavy atom. The number of carbonyl (C=O) groups excluding carboxylic acids is 2. The highest BCUT2D eigenvalue weighted by Gasteiger charge is 2.26. The van der Waals surface area contributed by atoms with Gasteiger partial charge in [-0.2, -0.15) is 0 Å². The number of ether oxygens (including phenoxy) is 4. The second-order valence-corrected chi connectivity index (χ2v) is 14.7. The zero-order chi connectivity index (χ0) is 41.8. The van der Waals surface area contributed by atoms with Crippen molar-refractivity contribution in [2.75, 3.05) is 42.5 Å². The SMILES string of the molecule is C.CN1Cc2cc(O)ccc2-c2ccc(O)cc2C1=O.COc1ccc2c(c1)CCCc1cc(OC)ccc1-2.COc1ccc2c(c1)CN(C)C(=O)c1cc(OC)ccc1-2. The van der Waals surface area contributed by atoms with E-state index in [4.69, 9.17) is 18.9 Å². The van der Waals surface area contributed by atoms with Gasteiger partial charge in [0.15, 0.2) is 0 Å². The zero-order valence-electron chi connectivity index (χ0n) is 34.2. The minimum Gasteiger partial charge on any atom is -0.508 e. The summed E-state index contributed by atoms with van der Waals surface area (Å²) in [4.78, 5) is 28.1. The van der Waals surface area contributed by atoms with Crippen molar-refractivity contribution < 1.29 is 38.7 Å². The van der Waals surface area contributed by atoms with Gasteiger partial charge in [0, 0.05) is 27.2 Å². The normalized spacial score (nSPS) is 13.2. The number of carbonyl (C=O) groups is 2. The van der Waals surface area contributed by atoms with Crippen LogP contribution in [0.4, 0.5) is 0 Å². The Balaban J connectivity index is 0.000000150. The fraction of sp³-hybridized carbons (Fsp3) is 0.240. The molecule has 0 saturated carbocycles. The summed E-state index contributed by atoms with van der Waals surface area (Å²) in [6.07, 6.45) is 3.37. The van der Waals surface area contributed by atoms with Crippen molar-refractivity contribution in [2.24, 2.45) is 0 Å². The van der Waals surface area contributed by atoms with Crippen LogP contribution in [0.3, 0.4) is 0 Å². The third-order valence-corrected chi connectivity index (χ3v) is 11.0. The van der Waals surface area contributed by atoms with Gasteiger partial charge in [-0.3, -0.25) is 9.59 Å². The minimum absolute atomic E-state index is 0. The molecule has 0 radical (unpaired) electrons. The molecular weight excluding hydrogens is 757 g/mol. The molecule has 10 heteroatoms. The third-order valence-electron chi connectivity index (χ3n) is 11.0. The number of phenols is 2. The first-order valence-electron chi connectivity index (χ1n) is 19.4. The Labute approximate surface area is 352 Å². The lowest BCUT2D eigenvalue weighted by molar-refractivity contribution is 0.0781. The van der Waals surface area contributed by atoms with Gasteiger partial charge in [-0.15, -0.1) is 0 Å². The molecule has 2 aliphatic heterocycles. The van der Waals surface area contributed by atoms with Gasteiger partial charge in [-0.1, -0.05) is 31.7 Å². The van der Waals surface area contributed by atoms with Crippen LogP contribution in [0.25, 0.3) is 33.4 Å². The first-order chi connectivity index (χ1) is 28.5.